The number of nitrogens with zero attached hydrogens (tertiary/aromatic N) is 3. The Hall–Kier alpha value is -0.900. The van der Waals surface area contributed by atoms with Gasteiger partial charge in [-0.25, -0.2) is 0 Å². The third-order valence-electron chi connectivity index (χ3n) is 1.68. The standard InChI is InChI=1S/C6H9N4/c1-5-8-9-6-4-7-2-3-10(5)6/h4,7H,2-3H2,1H3. The van der Waals surface area contributed by atoms with Crippen molar-refractivity contribution in [2.24, 2.45) is 0 Å². The Kier molecular flexibility index (Phi) is 1.20. The van der Waals surface area contributed by atoms with Crippen LogP contribution in [0.4, 0.5) is 0 Å². The quantitative estimate of drug-likeness (QED) is 0.534. The first-order valence-electron chi connectivity index (χ1n) is 3.34. The molecule has 4 heteroatoms. The van der Waals surface area contributed by atoms with Crippen LogP contribution < -0.4 is 5.32 Å². The zero-order chi connectivity index (χ0) is 6.97. The summed E-state index contributed by atoms with van der Waals surface area (Å²) in [5, 5.41) is 11.0. The Morgan fingerprint density at radius 2 is 2.50 bits per heavy atom. The van der Waals surface area contributed by atoms with E-state index in [9.17, 15) is 0 Å². The van der Waals surface area contributed by atoms with Gasteiger partial charge in [0, 0.05) is 13.1 Å². The van der Waals surface area contributed by atoms with Gasteiger partial charge in [0.05, 0.1) is 6.54 Å². The fourth-order valence-electron chi connectivity index (χ4n) is 1.12. The number of hydrogen-bond donors (Lipinski definition) is 1. The highest BCUT2D eigenvalue weighted by Crippen LogP contribution is 2.04. The molecule has 1 aliphatic rings. The van der Waals surface area contributed by atoms with Crippen LogP contribution in [0.1, 0.15) is 11.6 Å². The number of rotatable bonds is 0. The summed E-state index contributed by atoms with van der Waals surface area (Å²) in [5.41, 5.74) is 0. The molecule has 1 N–H and O–H groups in total. The van der Waals surface area contributed by atoms with E-state index in [1.165, 1.54) is 0 Å². The number of nitrogens with one attached hydrogen (secondary N) is 1. The first kappa shape index (κ1) is 5.85. The molecule has 1 aromatic heterocycles. The van der Waals surface area contributed by atoms with Crippen LogP contribution in [0.25, 0.3) is 0 Å². The molecule has 0 fully saturated rings. The molecule has 0 spiro atoms. The Morgan fingerprint density at radius 1 is 1.60 bits per heavy atom. The fourth-order valence-corrected chi connectivity index (χ4v) is 1.12. The van der Waals surface area contributed by atoms with E-state index in [1.54, 1.807) is 0 Å². The topological polar surface area (TPSA) is 42.7 Å². The normalized spacial score (nSPS) is 16.9. The third-order valence-corrected chi connectivity index (χ3v) is 1.68. The van der Waals surface area contributed by atoms with E-state index in [0.29, 0.717) is 0 Å². The van der Waals surface area contributed by atoms with E-state index >= 15 is 0 Å². The molecule has 0 saturated heterocycles. The van der Waals surface area contributed by atoms with Gasteiger partial charge in [-0.15, -0.1) is 10.2 Å². The van der Waals surface area contributed by atoms with Gasteiger partial charge in [-0.05, 0) is 6.92 Å². The lowest BCUT2D eigenvalue weighted by atomic mass is 10.4. The summed E-state index contributed by atoms with van der Waals surface area (Å²) < 4.78 is 2.09. The van der Waals surface area contributed by atoms with Crippen LogP contribution in [-0.4, -0.2) is 21.3 Å². The van der Waals surface area contributed by atoms with Gasteiger partial charge in [0.25, 0.3) is 0 Å². The molecule has 1 radical (unpaired) electrons. The van der Waals surface area contributed by atoms with Gasteiger partial charge in [-0.1, -0.05) is 0 Å². The smallest absolute Gasteiger partial charge is 0.152 e. The summed E-state index contributed by atoms with van der Waals surface area (Å²) in [6.07, 6.45) is 0. The van der Waals surface area contributed by atoms with Crippen LogP contribution in [0.3, 0.4) is 0 Å². The van der Waals surface area contributed by atoms with E-state index in [2.05, 4.69) is 20.1 Å². The zero-order valence-electron chi connectivity index (χ0n) is 5.83. The predicted molar refractivity (Wildman–Crippen MR) is 36.2 cm³/mol. The predicted octanol–water partition coefficient (Wildman–Crippen LogP) is -0.300. The highest BCUT2D eigenvalue weighted by Gasteiger charge is 2.11. The summed E-state index contributed by atoms with van der Waals surface area (Å²) in [4.78, 5) is 0. The molecule has 0 atom stereocenters. The van der Waals surface area contributed by atoms with Crippen LogP contribution in [0.5, 0.6) is 0 Å². The highest BCUT2D eigenvalue weighted by molar-refractivity contribution is 5.05. The van der Waals surface area contributed by atoms with Gasteiger partial charge in [-0.3, -0.25) is 0 Å². The molecular formula is C6H9N4. The fraction of sp³-hybridized carbons (Fsp3) is 0.500. The van der Waals surface area contributed by atoms with Crippen LogP contribution in [-0.2, 0) is 6.54 Å². The number of fused-ring (bicyclic) bond motifs is 1. The molecule has 0 saturated carbocycles. The Balaban J connectivity index is 2.45. The van der Waals surface area contributed by atoms with Crippen molar-refractivity contribution < 1.29 is 0 Å². The molecule has 0 unspecified atom stereocenters. The minimum atomic E-state index is 0.934. The molecule has 2 heterocycles. The second-order valence-corrected chi connectivity index (χ2v) is 2.36. The maximum Gasteiger partial charge on any atom is 0.152 e. The van der Waals surface area contributed by atoms with Crippen molar-refractivity contribution in [3.63, 3.8) is 0 Å². The monoisotopic (exact) mass is 137 g/mol. The van der Waals surface area contributed by atoms with Crippen LogP contribution >= 0.6 is 0 Å². The minimum Gasteiger partial charge on any atom is -0.313 e. The van der Waals surface area contributed by atoms with E-state index in [-0.39, 0.29) is 0 Å². The van der Waals surface area contributed by atoms with Crippen molar-refractivity contribution in [1.82, 2.24) is 20.1 Å². The van der Waals surface area contributed by atoms with Crippen LogP contribution in [0.15, 0.2) is 0 Å². The van der Waals surface area contributed by atoms with E-state index in [0.717, 1.165) is 24.7 Å². The summed E-state index contributed by atoms with van der Waals surface area (Å²) in [6, 6.07) is 0. The average molecular weight is 137 g/mol. The SMILES string of the molecule is Cc1nnc2n1CCN[CH]2. The zero-order valence-corrected chi connectivity index (χ0v) is 5.83. The van der Waals surface area contributed by atoms with Crippen molar-refractivity contribution in [2.45, 2.75) is 13.5 Å². The molecule has 53 valence electrons. The molecule has 2 rings (SSSR count). The molecule has 4 nitrogen and oxygen atoms in total. The summed E-state index contributed by atoms with van der Waals surface area (Å²) in [6.45, 7) is 5.82. The molecule has 0 aromatic carbocycles. The molecule has 10 heavy (non-hydrogen) atoms. The highest BCUT2D eigenvalue weighted by atomic mass is 15.3. The molecule has 0 amide bonds. The molecule has 0 aliphatic carbocycles. The van der Waals surface area contributed by atoms with E-state index in [1.807, 2.05) is 13.5 Å². The van der Waals surface area contributed by atoms with Gasteiger partial charge in [0.15, 0.2) is 5.82 Å². The Morgan fingerprint density at radius 3 is 3.30 bits per heavy atom. The molecular weight excluding hydrogens is 128 g/mol. The lowest BCUT2D eigenvalue weighted by Crippen LogP contribution is -2.26. The largest absolute Gasteiger partial charge is 0.313 e. The molecule has 1 aromatic rings. The van der Waals surface area contributed by atoms with Gasteiger partial charge >= 0.3 is 0 Å². The third kappa shape index (κ3) is 0.724. The lowest BCUT2D eigenvalue weighted by molar-refractivity contribution is 0.568. The average Bonchev–Trinajstić information content (AvgIpc) is 2.34. The maximum absolute atomic E-state index is 3.95. The van der Waals surface area contributed by atoms with E-state index in [4.69, 9.17) is 0 Å². The Bertz CT molecular complexity index is 240. The number of aryl methyl sites for hydroxylation is 1. The first-order valence-corrected chi connectivity index (χ1v) is 3.34. The van der Waals surface area contributed by atoms with Gasteiger partial charge < -0.3 is 9.88 Å². The summed E-state index contributed by atoms with van der Waals surface area (Å²) >= 11 is 0. The maximum atomic E-state index is 3.95. The van der Waals surface area contributed by atoms with Gasteiger partial charge in [0.1, 0.15) is 5.82 Å². The van der Waals surface area contributed by atoms with Crippen molar-refractivity contribution >= 4 is 0 Å². The van der Waals surface area contributed by atoms with Crippen LogP contribution in [0.2, 0.25) is 0 Å². The van der Waals surface area contributed by atoms with Crippen molar-refractivity contribution in [3.8, 4) is 0 Å². The first-order chi connectivity index (χ1) is 4.88. The Labute approximate surface area is 59.3 Å². The van der Waals surface area contributed by atoms with Crippen molar-refractivity contribution in [1.29, 1.82) is 0 Å². The lowest BCUT2D eigenvalue weighted by Gasteiger charge is -2.13. The van der Waals surface area contributed by atoms with Crippen LogP contribution in [0, 0.1) is 13.5 Å². The second kappa shape index (κ2) is 2.05. The molecule has 1 aliphatic heterocycles. The second-order valence-electron chi connectivity index (χ2n) is 2.36. The summed E-state index contributed by atoms with van der Waals surface area (Å²) in [7, 11) is 0. The van der Waals surface area contributed by atoms with E-state index < -0.39 is 0 Å². The summed E-state index contributed by atoms with van der Waals surface area (Å²) in [5.74, 6) is 1.93. The minimum absolute atomic E-state index is 0.934. The molecule has 0 bridgehead atoms. The van der Waals surface area contributed by atoms with Gasteiger partial charge in [0.2, 0.25) is 0 Å². The van der Waals surface area contributed by atoms with Crippen molar-refractivity contribution in [3.05, 3.63) is 18.2 Å². The number of aromatic nitrogens is 3. The number of hydrogen-bond acceptors (Lipinski definition) is 3. The van der Waals surface area contributed by atoms with Crippen molar-refractivity contribution in [2.75, 3.05) is 6.54 Å². The van der Waals surface area contributed by atoms with Gasteiger partial charge in [-0.2, -0.15) is 0 Å².